The number of amides is 3. The van der Waals surface area contributed by atoms with Crippen molar-refractivity contribution in [3.05, 3.63) is 41.5 Å². The summed E-state index contributed by atoms with van der Waals surface area (Å²) in [4.78, 5) is 36.6. The van der Waals surface area contributed by atoms with E-state index in [0.29, 0.717) is 12.5 Å². The Hall–Kier alpha value is -2.90. The van der Waals surface area contributed by atoms with Crippen molar-refractivity contribution in [1.82, 2.24) is 14.7 Å². The van der Waals surface area contributed by atoms with E-state index in [1.807, 2.05) is 23.6 Å². The van der Waals surface area contributed by atoms with Crippen molar-refractivity contribution in [3.63, 3.8) is 0 Å². The van der Waals surface area contributed by atoms with E-state index in [9.17, 15) is 14.0 Å². The van der Waals surface area contributed by atoms with Gasteiger partial charge in [0.2, 0.25) is 5.96 Å². The number of guanidine groups is 1. The standard InChI is InChI=1S/C18H20FN5O2/c1-5-22-16(25)14-15(21(4)18(22)26)20-17-23(10(2)11(3)24(14)17)13-8-6-12(19)7-9-13/h6-9,14-15H,5H2,1-4H3. The molecule has 4 rings (SSSR count). The van der Waals surface area contributed by atoms with Crippen LogP contribution in [0.25, 0.3) is 0 Å². The number of rotatable bonds is 2. The van der Waals surface area contributed by atoms with Crippen LogP contribution in [0.15, 0.2) is 40.7 Å². The number of urea groups is 1. The quantitative estimate of drug-likeness (QED) is 0.814. The van der Waals surface area contributed by atoms with Gasteiger partial charge < -0.3 is 4.90 Å². The Balaban J connectivity index is 1.80. The third-order valence-electron chi connectivity index (χ3n) is 5.29. The molecule has 8 heteroatoms. The summed E-state index contributed by atoms with van der Waals surface area (Å²) in [5, 5.41) is 0. The summed E-state index contributed by atoms with van der Waals surface area (Å²) in [7, 11) is 1.66. The van der Waals surface area contributed by atoms with Crippen molar-refractivity contribution >= 4 is 23.6 Å². The van der Waals surface area contributed by atoms with Gasteiger partial charge in [-0.15, -0.1) is 0 Å². The van der Waals surface area contributed by atoms with E-state index in [-0.39, 0.29) is 17.8 Å². The summed E-state index contributed by atoms with van der Waals surface area (Å²) in [5.41, 5.74) is 2.58. The van der Waals surface area contributed by atoms with Crippen molar-refractivity contribution < 1.29 is 14.0 Å². The number of carbonyl (C=O) groups excluding carboxylic acids is 2. The van der Waals surface area contributed by atoms with E-state index in [0.717, 1.165) is 17.1 Å². The SMILES string of the molecule is CCN1C(=O)C2C(N=C3N(c4ccc(F)cc4)C(C)=C(C)N32)N(C)C1=O. The predicted molar refractivity (Wildman–Crippen MR) is 94.6 cm³/mol. The minimum Gasteiger partial charge on any atom is -0.302 e. The van der Waals surface area contributed by atoms with Crippen LogP contribution in [0.5, 0.6) is 0 Å². The molecule has 3 aliphatic rings. The van der Waals surface area contributed by atoms with Crippen molar-refractivity contribution in [3.8, 4) is 0 Å². The largest absolute Gasteiger partial charge is 0.328 e. The second kappa shape index (κ2) is 5.55. The number of aliphatic imine (C=N–C) groups is 1. The number of allylic oxidation sites excluding steroid dienone is 2. The summed E-state index contributed by atoms with van der Waals surface area (Å²) in [6.07, 6.45) is -0.571. The number of halogens is 1. The second-order valence-corrected chi connectivity index (χ2v) is 6.62. The fourth-order valence-corrected chi connectivity index (χ4v) is 3.80. The van der Waals surface area contributed by atoms with Crippen LogP contribution in [0.4, 0.5) is 14.9 Å². The zero-order valence-corrected chi connectivity index (χ0v) is 15.1. The molecule has 1 aromatic carbocycles. The Kier molecular flexibility index (Phi) is 3.54. The van der Waals surface area contributed by atoms with Gasteiger partial charge in [-0.2, -0.15) is 0 Å². The minimum atomic E-state index is -0.576. The van der Waals surface area contributed by atoms with Crippen molar-refractivity contribution in [2.45, 2.75) is 33.0 Å². The molecule has 0 radical (unpaired) electrons. The molecule has 2 unspecified atom stereocenters. The normalized spacial score (nSPS) is 25.2. The fourth-order valence-electron chi connectivity index (χ4n) is 3.80. The molecule has 3 heterocycles. The summed E-state index contributed by atoms with van der Waals surface area (Å²) in [6.45, 7) is 5.96. The van der Waals surface area contributed by atoms with Gasteiger partial charge in [-0.25, -0.2) is 14.2 Å². The molecular formula is C18H20FN5O2. The summed E-state index contributed by atoms with van der Waals surface area (Å²) >= 11 is 0. The first kappa shape index (κ1) is 16.6. The maximum absolute atomic E-state index is 13.3. The van der Waals surface area contributed by atoms with E-state index in [1.165, 1.54) is 21.9 Å². The third-order valence-corrected chi connectivity index (χ3v) is 5.29. The molecule has 3 amide bonds. The van der Waals surface area contributed by atoms with Crippen LogP contribution < -0.4 is 4.90 Å². The Morgan fingerprint density at radius 3 is 2.38 bits per heavy atom. The second-order valence-electron chi connectivity index (χ2n) is 6.62. The zero-order chi connectivity index (χ0) is 18.7. The van der Waals surface area contributed by atoms with Crippen LogP contribution in [0.1, 0.15) is 20.8 Å². The first-order valence-corrected chi connectivity index (χ1v) is 8.55. The summed E-state index contributed by atoms with van der Waals surface area (Å²) < 4.78 is 13.3. The van der Waals surface area contributed by atoms with Crippen molar-refractivity contribution in [1.29, 1.82) is 0 Å². The Morgan fingerprint density at radius 1 is 1.12 bits per heavy atom. The van der Waals surface area contributed by atoms with Crippen LogP contribution in [0.2, 0.25) is 0 Å². The number of carbonyl (C=O) groups is 2. The number of anilines is 1. The van der Waals surface area contributed by atoms with Crippen molar-refractivity contribution in [2.75, 3.05) is 18.5 Å². The number of hydrogen-bond acceptors (Lipinski definition) is 5. The Morgan fingerprint density at radius 2 is 1.77 bits per heavy atom. The van der Waals surface area contributed by atoms with Gasteiger partial charge in [-0.3, -0.25) is 19.5 Å². The van der Waals surface area contributed by atoms with Crippen LogP contribution in [0.3, 0.4) is 0 Å². The monoisotopic (exact) mass is 357 g/mol. The fraction of sp³-hybridized carbons (Fsp3) is 0.389. The maximum atomic E-state index is 13.3. The lowest BCUT2D eigenvalue weighted by Gasteiger charge is -2.40. The number of likely N-dealkylation sites (N-methyl/N-ethyl adjacent to an activating group) is 2. The molecule has 0 N–H and O–H groups in total. The van der Waals surface area contributed by atoms with Gasteiger partial charge in [0.1, 0.15) is 5.82 Å². The van der Waals surface area contributed by atoms with Gasteiger partial charge in [0.25, 0.3) is 5.91 Å². The molecule has 3 aliphatic heterocycles. The molecule has 0 aromatic heterocycles. The number of nitrogens with zero attached hydrogens (tertiary/aromatic N) is 5. The first-order valence-electron chi connectivity index (χ1n) is 8.55. The molecule has 1 aromatic rings. The summed E-state index contributed by atoms with van der Waals surface area (Å²) in [6, 6.07) is 5.22. The lowest BCUT2D eigenvalue weighted by atomic mass is 10.1. The molecule has 2 atom stereocenters. The lowest BCUT2D eigenvalue weighted by Crippen LogP contribution is -2.64. The maximum Gasteiger partial charge on any atom is 0.328 e. The summed E-state index contributed by atoms with van der Waals surface area (Å²) in [5.74, 6) is 0.0318. The van der Waals surface area contributed by atoms with Gasteiger partial charge in [-0.1, -0.05) is 0 Å². The van der Waals surface area contributed by atoms with Gasteiger partial charge >= 0.3 is 6.03 Å². The highest BCUT2D eigenvalue weighted by atomic mass is 19.1. The van der Waals surface area contributed by atoms with E-state index in [2.05, 4.69) is 0 Å². The molecule has 1 saturated heterocycles. The molecular weight excluding hydrogens is 337 g/mol. The average Bonchev–Trinajstić information content (AvgIpc) is 3.11. The van der Waals surface area contributed by atoms with Crippen LogP contribution >= 0.6 is 0 Å². The predicted octanol–water partition coefficient (Wildman–Crippen LogP) is 2.18. The number of benzene rings is 1. The molecule has 7 nitrogen and oxygen atoms in total. The van der Waals surface area contributed by atoms with E-state index in [4.69, 9.17) is 4.99 Å². The lowest BCUT2D eigenvalue weighted by molar-refractivity contribution is -0.136. The average molecular weight is 357 g/mol. The molecule has 136 valence electrons. The highest BCUT2D eigenvalue weighted by Crippen LogP contribution is 2.39. The van der Waals surface area contributed by atoms with Crippen LogP contribution in [0, 0.1) is 5.82 Å². The highest BCUT2D eigenvalue weighted by Gasteiger charge is 2.55. The van der Waals surface area contributed by atoms with Crippen molar-refractivity contribution in [2.24, 2.45) is 4.99 Å². The number of fused-ring (bicyclic) bond motifs is 3. The van der Waals surface area contributed by atoms with E-state index >= 15 is 0 Å². The third kappa shape index (κ3) is 2.01. The number of imide groups is 1. The Bertz CT molecular complexity index is 863. The molecule has 0 saturated carbocycles. The van der Waals surface area contributed by atoms with E-state index < -0.39 is 12.2 Å². The molecule has 26 heavy (non-hydrogen) atoms. The van der Waals surface area contributed by atoms with E-state index in [1.54, 1.807) is 26.1 Å². The molecule has 1 fully saturated rings. The van der Waals surface area contributed by atoms with Gasteiger partial charge in [0.05, 0.1) is 0 Å². The smallest absolute Gasteiger partial charge is 0.302 e. The molecule has 0 bridgehead atoms. The van der Waals surface area contributed by atoms with Crippen LogP contribution in [-0.2, 0) is 4.79 Å². The van der Waals surface area contributed by atoms with Crippen LogP contribution in [-0.4, -0.2) is 58.4 Å². The minimum absolute atomic E-state index is 0.243. The van der Waals surface area contributed by atoms with Gasteiger partial charge in [0, 0.05) is 30.7 Å². The highest BCUT2D eigenvalue weighted by molar-refractivity contribution is 6.10. The molecule has 0 aliphatic carbocycles. The topological polar surface area (TPSA) is 59.5 Å². The number of hydrogen-bond donors (Lipinski definition) is 0. The van der Waals surface area contributed by atoms with Gasteiger partial charge in [0.15, 0.2) is 12.2 Å². The zero-order valence-electron chi connectivity index (χ0n) is 15.1. The Labute approximate surface area is 151 Å². The molecule has 0 spiro atoms. The first-order chi connectivity index (χ1) is 12.4. The van der Waals surface area contributed by atoms with Gasteiger partial charge in [-0.05, 0) is 45.0 Å².